The highest BCUT2D eigenvalue weighted by molar-refractivity contribution is 5.88. The van der Waals surface area contributed by atoms with Crippen LogP contribution < -0.4 is 0 Å². The van der Waals surface area contributed by atoms with E-state index in [1.807, 2.05) is 6.08 Å². The quantitative estimate of drug-likeness (QED) is 0.552. The minimum absolute atomic E-state index is 0.0619. The highest BCUT2D eigenvalue weighted by atomic mass is 16.1. The van der Waals surface area contributed by atoms with Crippen molar-refractivity contribution in [3.8, 4) is 0 Å². The largest absolute Gasteiger partial charge is 0.299 e. The summed E-state index contributed by atoms with van der Waals surface area (Å²) in [6.45, 7) is 3.72. The lowest BCUT2D eigenvalue weighted by Crippen LogP contribution is -2.24. The summed E-state index contributed by atoms with van der Waals surface area (Å²) in [7, 11) is 0. The molecule has 2 fully saturated rings. The molecule has 0 aromatic carbocycles. The molecule has 2 atom stereocenters. The van der Waals surface area contributed by atoms with Crippen molar-refractivity contribution in [1.29, 1.82) is 0 Å². The molecule has 0 saturated heterocycles. The van der Waals surface area contributed by atoms with Crippen molar-refractivity contribution < 1.29 is 4.79 Å². The van der Waals surface area contributed by atoms with Gasteiger partial charge in [-0.2, -0.15) is 0 Å². The molecular formula is C10H14O. The first kappa shape index (κ1) is 7.08. The number of carbonyl (C=O) groups is 1. The van der Waals surface area contributed by atoms with Gasteiger partial charge in [0.25, 0.3) is 0 Å². The van der Waals surface area contributed by atoms with E-state index in [-0.39, 0.29) is 5.41 Å². The molecule has 0 N–H and O–H groups in total. The molecule has 0 aliphatic heterocycles. The van der Waals surface area contributed by atoms with Crippen LogP contribution in [0.25, 0.3) is 0 Å². The summed E-state index contributed by atoms with van der Waals surface area (Å²) in [6, 6.07) is 0. The van der Waals surface area contributed by atoms with Gasteiger partial charge in [0.2, 0.25) is 0 Å². The van der Waals surface area contributed by atoms with E-state index >= 15 is 0 Å². The average Bonchev–Trinajstić information content (AvgIpc) is 2.45. The summed E-state index contributed by atoms with van der Waals surface area (Å²) in [5.74, 6) is 1.23. The van der Waals surface area contributed by atoms with Crippen LogP contribution >= 0.6 is 0 Å². The van der Waals surface area contributed by atoms with Gasteiger partial charge in [0.15, 0.2) is 0 Å². The predicted octanol–water partition coefficient (Wildman–Crippen LogP) is 2.32. The molecule has 11 heavy (non-hydrogen) atoms. The maximum atomic E-state index is 11.5. The minimum Gasteiger partial charge on any atom is -0.299 e. The first-order valence-electron chi connectivity index (χ1n) is 4.41. The number of Topliss-reactive ketones (excluding diaryl/α,β-unsaturated/α-hetero) is 1. The van der Waals surface area contributed by atoms with Gasteiger partial charge in [-0.25, -0.2) is 0 Å². The Labute approximate surface area is 67.5 Å². The van der Waals surface area contributed by atoms with Crippen molar-refractivity contribution in [2.45, 2.75) is 32.1 Å². The number of rotatable bonds is 2. The van der Waals surface area contributed by atoms with Crippen LogP contribution in [0.4, 0.5) is 0 Å². The molecule has 0 aromatic rings. The molecule has 2 unspecified atom stereocenters. The van der Waals surface area contributed by atoms with Crippen LogP contribution in [0.2, 0.25) is 0 Å². The van der Waals surface area contributed by atoms with Gasteiger partial charge in [0, 0.05) is 11.8 Å². The number of hydrogen-bond acceptors (Lipinski definition) is 1. The lowest BCUT2D eigenvalue weighted by Gasteiger charge is -2.22. The van der Waals surface area contributed by atoms with E-state index in [0.29, 0.717) is 5.78 Å². The van der Waals surface area contributed by atoms with Gasteiger partial charge in [-0.1, -0.05) is 6.08 Å². The molecule has 1 heteroatoms. The second-order valence-electron chi connectivity index (χ2n) is 4.01. The molecule has 0 radical (unpaired) electrons. The second kappa shape index (κ2) is 2.20. The molecule has 2 aliphatic rings. The zero-order valence-corrected chi connectivity index (χ0v) is 6.81. The number of allylic oxidation sites excluding steroid dienone is 1. The van der Waals surface area contributed by atoms with Gasteiger partial charge in [-0.3, -0.25) is 4.79 Å². The third kappa shape index (κ3) is 0.867. The van der Waals surface area contributed by atoms with Gasteiger partial charge < -0.3 is 0 Å². The average molecular weight is 150 g/mol. The predicted molar refractivity (Wildman–Crippen MR) is 44.2 cm³/mol. The molecule has 0 heterocycles. The smallest absolute Gasteiger partial charge is 0.139 e. The standard InChI is InChI=1S/C10H14O/c1-2-4-10-5-3-8(7-10)6-9(10)11/h2,8H,1,3-7H2. The molecule has 2 saturated carbocycles. The molecule has 2 rings (SSSR count). The molecule has 60 valence electrons. The lowest BCUT2D eigenvalue weighted by atomic mass is 9.80. The van der Waals surface area contributed by atoms with Crippen LogP contribution in [0.1, 0.15) is 32.1 Å². The Hall–Kier alpha value is -0.590. The fourth-order valence-corrected chi connectivity index (χ4v) is 2.72. The van der Waals surface area contributed by atoms with Crippen molar-refractivity contribution in [3.05, 3.63) is 12.7 Å². The van der Waals surface area contributed by atoms with Crippen molar-refractivity contribution in [2.75, 3.05) is 0 Å². The third-order valence-corrected chi connectivity index (χ3v) is 3.31. The Bertz CT molecular complexity index is 207. The van der Waals surface area contributed by atoms with E-state index in [9.17, 15) is 4.79 Å². The van der Waals surface area contributed by atoms with E-state index in [0.717, 1.165) is 31.6 Å². The van der Waals surface area contributed by atoms with E-state index < -0.39 is 0 Å². The number of ketones is 1. The van der Waals surface area contributed by atoms with Crippen LogP contribution in [0.15, 0.2) is 12.7 Å². The van der Waals surface area contributed by atoms with Gasteiger partial charge in [0.1, 0.15) is 5.78 Å². The summed E-state index contributed by atoms with van der Waals surface area (Å²) in [5.41, 5.74) is 0.0619. The van der Waals surface area contributed by atoms with Crippen molar-refractivity contribution in [2.24, 2.45) is 11.3 Å². The van der Waals surface area contributed by atoms with E-state index in [2.05, 4.69) is 6.58 Å². The Morgan fingerprint density at radius 3 is 3.00 bits per heavy atom. The fraction of sp³-hybridized carbons (Fsp3) is 0.700. The molecule has 0 spiro atoms. The van der Waals surface area contributed by atoms with E-state index in [4.69, 9.17) is 0 Å². The molecule has 0 aromatic heterocycles. The van der Waals surface area contributed by atoms with Crippen LogP contribution in [0.3, 0.4) is 0 Å². The van der Waals surface area contributed by atoms with Gasteiger partial charge in [-0.15, -0.1) is 6.58 Å². The molecule has 1 nitrogen and oxygen atoms in total. The molecule has 0 amide bonds. The minimum atomic E-state index is 0.0619. The maximum absolute atomic E-state index is 11.5. The summed E-state index contributed by atoms with van der Waals surface area (Å²) < 4.78 is 0. The Morgan fingerprint density at radius 2 is 2.55 bits per heavy atom. The zero-order valence-electron chi connectivity index (χ0n) is 6.81. The Morgan fingerprint density at radius 1 is 1.73 bits per heavy atom. The van der Waals surface area contributed by atoms with Gasteiger partial charge in [0.05, 0.1) is 0 Å². The molecule has 2 bridgehead atoms. The number of carbonyl (C=O) groups excluding carboxylic acids is 1. The van der Waals surface area contributed by atoms with Crippen LogP contribution in [-0.4, -0.2) is 5.78 Å². The van der Waals surface area contributed by atoms with Crippen LogP contribution in [0.5, 0.6) is 0 Å². The second-order valence-corrected chi connectivity index (χ2v) is 4.01. The Kier molecular flexibility index (Phi) is 1.41. The Balaban J connectivity index is 2.22. The third-order valence-electron chi connectivity index (χ3n) is 3.31. The highest BCUT2D eigenvalue weighted by Gasteiger charge is 2.50. The van der Waals surface area contributed by atoms with Crippen molar-refractivity contribution in [3.63, 3.8) is 0 Å². The lowest BCUT2D eigenvalue weighted by molar-refractivity contribution is -0.126. The monoisotopic (exact) mass is 150 g/mol. The molecular weight excluding hydrogens is 136 g/mol. The summed E-state index contributed by atoms with van der Waals surface area (Å²) in [6.07, 6.45) is 7.24. The topological polar surface area (TPSA) is 17.1 Å². The SMILES string of the molecule is C=CCC12CCC(CC1=O)C2. The normalized spacial score (nSPS) is 41.5. The van der Waals surface area contributed by atoms with Gasteiger partial charge in [-0.05, 0) is 31.6 Å². The summed E-state index contributed by atoms with van der Waals surface area (Å²) in [5, 5.41) is 0. The summed E-state index contributed by atoms with van der Waals surface area (Å²) >= 11 is 0. The van der Waals surface area contributed by atoms with Crippen LogP contribution in [0, 0.1) is 11.3 Å². The van der Waals surface area contributed by atoms with Gasteiger partial charge >= 0.3 is 0 Å². The zero-order chi connectivity index (χ0) is 7.90. The van der Waals surface area contributed by atoms with E-state index in [1.165, 1.54) is 6.42 Å². The van der Waals surface area contributed by atoms with Crippen molar-refractivity contribution in [1.82, 2.24) is 0 Å². The first-order chi connectivity index (χ1) is 5.27. The maximum Gasteiger partial charge on any atom is 0.139 e. The van der Waals surface area contributed by atoms with E-state index in [1.54, 1.807) is 0 Å². The first-order valence-corrected chi connectivity index (χ1v) is 4.41. The van der Waals surface area contributed by atoms with Crippen molar-refractivity contribution >= 4 is 5.78 Å². The fourth-order valence-electron chi connectivity index (χ4n) is 2.72. The summed E-state index contributed by atoms with van der Waals surface area (Å²) in [4.78, 5) is 11.5. The number of hydrogen-bond donors (Lipinski definition) is 0. The highest BCUT2D eigenvalue weighted by Crippen LogP contribution is 2.53. The van der Waals surface area contributed by atoms with Crippen LogP contribution in [-0.2, 0) is 4.79 Å². The molecule has 2 aliphatic carbocycles. The number of fused-ring (bicyclic) bond motifs is 2.